The van der Waals surface area contributed by atoms with Crippen molar-refractivity contribution >= 4 is 23.1 Å². The van der Waals surface area contributed by atoms with Crippen molar-refractivity contribution in [3.05, 3.63) is 74.3 Å². The fourth-order valence-electron chi connectivity index (χ4n) is 1.77. The normalized spacial score (nSPS) is 10.2. The van der Waals surface area contributed by atoms with Crippen LogP contribution in [0.15, 0.2) is 42.5 Å². The first-order valence-corrected chi connectivity index (χ1v) is 5.93. The molecule has 0 aliphatic heterocycles. The Labute approximate surface area is 114 Å². The summed E-state index contributed by atoms with van der Waals surface area (Å²) in [6, 6.07) is 11.0. The highest BCUT2D eigenvalue weighted by Crippen LogP contribution is 2.25. The Morgan fingerprint density at radius 1 is 1.16 bits per heavy atom. The van der Waals surface area contributed by atoms with Crippen molar-refractivity contribution in [2.24, 2.45) is 0 Å². The lowest BCUT2D eigenvalue weighted by atomic mass is 9.99. The van der Waals surface area contributed by atoms with E-state index in [-0.39, 0.29) is 22.1 Å². The summed E-state index contributed by atoms with van der Waals surface area (Å²) in [7, 11) is 0. The molecule has 0 bridgehead atoms. The van der Waals surface area contributed by atoms with Gasteiger partial charge in [0, 0.05) is 23.3 Å². The molecule has 0 saturated carbocycles. The van der Waals surface area contributed by atoms with E-state index in [1.807, 2.05) is 19.1 Å². The molecule has 0 unspecified atom stereocenters. The van der Waals surface area contributed by atoms with Crippen LogP contribution in [0.1, 0.15) is 21.5 Å². The van der Waals surface area contributed by atoms with E-state index in [9.17, 15) is 14.9 Å². The maximum absolute atomic E-state index is 12.3. The number of carbonyl (C=O) groups excluding carboxylic acids is 1. The van der Waals surface area contributed by atoms with Crippen molar-refractivity contribution in [2.45, 2.75) is 6.92 Å². The van der Waals surface area contributed by atoms with Gasteiger partial charge in [-0.25, -0.2) is 0 Å². The Morgan fingerprint density at radius 2 is 1.84 bits per heavy atom. The van der Waals surface area contributed by atoms with Crippen molar-refractivity contribution < 1.29 is 9.72 Å². The molecule has 0 radical (unpaired) electrons. The monoisotopic (exact) mass is 275 g/mol. The van der Waals surface area contributed by atoms with E-state index < -0.39 is 4.92 Å². The topological polar surface area (TPSA) is 60.2 Å². The Morgan fingerprint density at radius 3 is 2.42 bits per heavy atom. The minimum atomic E-state index is -0.548. The second-order valence-electron chi connectivity index (χ2n) is 4.07. The zero-order valence-corrected chi connectivity index (χ0v) is 10.8. The number of hydrogen-bond acceptors (Lipinski definition) is 3. The number of nitrogens with zero attached hydrogens (tertiary/aromatic N) is 1. The van der Waals surface area contributed by atoms with Crippen LogP contribution in [0.5, 0.6) is 0 Å². The SMILES string of the molecule is Cc1ccccc1C(=O)c1ccc([N+](=O)[O-])cc1Cl. The number of halogens is 1. The minimum Gasteiger partial charge on any atom is -0.289 e. The van der Waals surface area contributed by atoms with E-state index >= 15 is 0 Å². The quantitative estimate of drug-likeness (QED) is 0.486. The van der Waals surface area contributed by atoms with E-state index in [1.54, 1.807) is 12.1 Å². The summed E-state index contributed by atoms with van der Waals surface area (Å²) in [6.07, 6.45) is 0. The van der Waals surface area contributed by atoms with Crippen molar-refractivity contribution in [1.82, 2.24) is 0 Å². The number of nitro benzene ring substituents is 1. The molecule has 0 aliphatic carbocycles. The molecule has 2 aromatic rings. The summed E-state index contributed by atoms with van der Waals surface area (Å²) in [4.78, 5) is 22.4. The van der Waals surface area contributed by atoms with Crippen LogP contribution >= 0.6 is 11.6 Å². The third-order valence-electron chi connectivity index (χ3n) is 2.80. The molecular formula is C14H10ClNO3. The summed E-state index contributed by atoms with van der Waals surface area (Å²) >= 11 is 5.95. The van der Waals surface area contributed by atoms with Gasteiger partial charge in [-0.1, -0.05) is 35.9 Å². The lowest BCUT2D eigenvalue weighted by Crippen LogP contribution is -2.04. The van der Waals surface area contributed by atoms with Gasteiger partial charge in [0.25, 0.3) is 5.69 Å². The highest BCUT2D eigenvalue weighted by Gasteiger charge is 2.17. The van der Waals surface area contributed by atoms with Crippen molar-refractivity contribution in [3.8, 4) is 0 Å². The summed E-state index contributed by atoms with van der Waals surface area (Å²) in [5, 5.41) is 10.7. The zero-order chi connectivity index (χ0) is 14.0. The molecule has 0 amide bonds. The summed E-state index contributed by atoms with van der Waals surface area (Å²) in [6.45, 7) is 1.83. The number of nitro groups is 1. The smallest absolute Gasteiger partial charge is 0.270 e. The van der Waals surface area contributed by atoms with E-state index in [1.165, 1.54) is 18.2 Å². The molecule has 0 aliphatic rings. The maximum Gasteiger partial charge on any atom is 0.270 e. The zero-order valence-electron chi connectivity index (χ0n) is 10.1. The standard InChI is InChI=1S/C14H10ClNO3/c1-9-4-2-3-5-11(9)14(17)12-7-6-10(16(18)19)8-13(12)15/h2-8H,1H3. The number of ketones is 1. The van der Waals surface area contributed by atoms with Crippen molar-refractivity contribution in [1.29, 1.82) is 0 Å². The molecule has 0 heterocycles. The molecule has 0 atom stereocenters. The third-order valence-corrected chi connectivity index (χ3v) is 3.11. The van der Waals surface area contributed by atoms with Gasteiger partial charge >= 0.3 is 0 Å². The molecule has 0 fully saturated rings. The van der Waals surface area contributed by atoms with Gasteiger partial charge in [-0.05, 0) is 18.6 Å². The Hall–Kier alpha value is -2.20. The minimum absolute atomic E-state index is 0.0856. The highest BCUT2D eigenvalue weighted by molar-refractivity contribution is 6.35. The van der Waals surface area contributed by atoms with Crippen LogP contribution in [-0.4, -0.2) is 10.7 Å². The van der Waals surface area contributed by atoms with Crippen molar-refractivity contribution in [2.75, 3.05) is 0 Å². The largest absolute Gasteiger partial charge is 0.289 e. The van der Waals surface area contributed by atoms with Crippen LogP contribution < -0.4 is 0 Å². The number of rotatable bonds is 3. The van der Waals surface area contributed by atoms with Gasteiger partial charge in [0.1, 0.15) is 0 Å². The van der Waals surface area contributed by atoms with Gasteiger partial charge < -0.3 is 0 Å². The predicted molar refractivity (Wildman–Crippen MR) is 72.7 cm³/mol. The van der Waals surface area contributed by atoms with Gasteiger partial charge in [-0.2, -0.15) is 0 Å². The molecule has 0 N–H and O–H groups in total. The highest BCUT2D eigenvalue weighted by atomic mass is 35.5. The average molecular weight is 276 g/mol. The van der Waals surface area contributed by atoms with E-state index in [0.717, 1.165) is 5.56 Å². The van der Waals surface area contributed by atoms with E-state index in [0.29, 0.717) is 5.56 Å². The van der Waals surface area contributed by atoms with Gasteiger partial charge in [0.05, 0.1) is 9.95 Å². The molecule has 0 aromatic heterocycles. The molecule has 0 saturated heterocycles. The fourth-order valence-corrected chi connectivity index (χ4v) is 2.04. The van der Waals surface area contributed by atoms with Crippen LogP contribution in [0.25, 0.3) is 0 Å². The second-order valence-corrected chi connectivity index (χ2v) is 4.47. The molecule has 2 rings (SSSR count). The Bertz CT molecular complexity index is 667. The third kappa shape index (κ3) is 2.63. The second kappa shape index (κ2) is 5.20. The number of benzene rings is 2. The number of carbonyl (C=O) groups is 1. The van der Waals surface area contributed by atoms with Gasteiger partial charge in [-0.3, -0.25) is 14.9 Å². The first-order chi connectivity index (χ1) is 9.00. The van der Waals surface area contributed by atoms with E-state index in [2.05, 4.69) is 0 Å². The first-order valence-electron chi connectivity index (χ1n) is 5.55. The molecule has 19 heavy (non-hydrogen) atoms. The van der Waals surface area contributed by atoms with Gasteiger partial charge in [0.15, 0.2) is 5.78 Å². The van der Waals surface area contributed by atoms with Crippen molar-refractivity contribution in [3.63, 3.8) is 0 Å². The Kier molecular flexibility index (Phi) is 3.62. The van der Waals surface area contributed by atoms with Crippen LogP contribution in [-0.2, 0) is 0 Å². The summed E-state index contributed by atoms with van der Waals surface area (Å²) in [5.74, 6) is -0.238. The first kappa shape index (κ1) is 13.2. The fraction of sp³-hybridized carbons (Fsp3) is 0.0714. The summed E-state index contributed by atoms with van der Waals surface area (Å²) < 4.78 is 0. The van der Waals surface area contributed by atoms with Crippen LogP contribution in [0.2, 0.25) is 5.02 Å². The number of non-ortho nitro benzene ring substituents is 1. The lowest BCUT2D eigenvalue weighted by molar-refractivity contribution is -0.384. The predicted octanol–water partition coefficient (Wildman–Crippen LogP) is 3.79. The molecule has 4 nitrogen and oxygen atoms in total. The van der Waals surface area contributed by atoms with E-state index in [4.69, 9.17) is 11.6 Å². The molecule has 2 aromatic carbocycles. The number of hydrogen-bond donors (Lipinski definition) is 0. The molecule has 5 heteroatoms. The average Bonchev–Trinajstić information content (AvgIpc) is 2.38. The summed E-state index contributed by atoms with van der Waals surface area (Å²) in [5.41, 5.74) is 1.51. The molecule has 0 spiro atoms. The van der Waals surface area contributed by atoms with Gasteiger partial charge in [-0.15, -0.1) is 0 Å². The van der Waals surface area contributed by atoms with Crippen LogP contribution in [0, 0.1) is 17.0 Å². The maximum atomic E-state index is 12.3. The Balaban J connectivity index is 2.46. The van der Waals surface area contributed by atoms with Gasteiger partial charge in [0.2, 0.25) is 0 Å². The lowest BCUT2D eigenvalue weighted by Gasteiger charge is -2.06. The van der Waals surface area contributed by atoms with Crippen LogP contribution in [0.4, 0.5) is 5.69 Å². The number of aryl methyl sites for hydroxylation is 1. The van der Waals surface area contributed by atoms with Crippen LogP contribution in [0.3, 0.4) is 0 Å². The molecular weight excluding hydrogens is 266 g/mol. The molecule has 96 valence electrons.